The normalized spacial score (nSPS) is 10.3. The monoisotopic (exact) mass is 363 g/mol. The summed E-state index contributed by atoms with van der Waals surface area (Å²) in [6.45, 7) is 1.07. The van der Waals surface area contributed by atoms with Gasteiger partial charge < -0.3 is 10.1 Å². The van der Waals surface area contributed by atoms with Crippen LogP contribution in [0.3, 0.4) is 0 Å². The van der Waals surface area contributed by atoms with Gasteiger partial charge in [0.05, 0.1) is 5.75 Å². The molecule has 3 nitrogen and oxygen atoms in total. The first kappa shape index (κ1) is 18.1. The lowest BCUT2D eigenvalue weighted by molar-refractivity contribution is -0.118. The van der Waals surface area contributed by atoms with Crippen LogP contribution in [0.4, 0.5) is 0 Å². The van der Waals surface area contributed by atoms with Gasteiger partial charge in [-0.05, 0) is 35.4 Å². The molecule has 0 bridgehead atoms. The highest BCUT2D eigenvalue weighted by Gasteiger charge is 2.03. The smallest absolute Gasteiger partial charge is 0.230 e. The molecule has 3 aromatic carbocycles. The lowest BCUT2D eigenvalue weighted by Crippen LogP contribution is -2.24. The number of hydrogen-bond donors (Lipinski definition) is 1. The third-order valence-corrected chi connectivity index (χ3v) is 4.79. The van der Waals surface area contributed by atoms with Crippen LogP contribution >= 0.6 is 11.8 Å². The Kier molecular flexibility index (Phi) is 6.73. The Morgan fingerprint density at radius 2 is 1.46 bits per heavy atom. The first-order chi connectivity index (χ1) is 12.8. The Bertz CT molecular complexity index is 805. The van der Waals surface area contributed by atoms with Gasteiger partial charge in [0.1, 0.15) is 12.4 Å². The van der Waals surface area contributed by atoms with Crippen molar-refractivity contribution < 1.29 is 9.53 Å². The van der Waals surface area contributed by atoms with Gasteiger partial charge in [0.15, 0.2) is 0 Å². The minimum atomic E-state index is 0.0308. The van der Waals surface area contributed by atoms with Crippen LogP contribution in [0.1, 0.15) is 11.1 Å². The molecule has 132 valence electrons. The highest BCUT2D eigenvalue weighted by atomic mass is 32.2. The second-order valence-electron chi connectivity index (χ2n) is 5.80. The minimum Gasteiger partial charge on any atom is -0.489 e. The van der Waals surface area contributed by atoms with Gasteiger partial charge in [0, 0.05) is 11.4 Å². The van der Waals surface area contributed by atoms with Crippen molar-refractivity contribution in [1.29, 1.82) is 0 Å². The lowest BCUT2D eigenvalue weighted by atomic mass is 10.2. The molecule has 0 aliphatic heterocycles. The largest absolute Gasteiger partial charge is 0.489 e. The van der Waals surface area contributed by atoms with Gasteiger partial charge in [-0.1, -0.05) is 60.7 Å². The average Bonchev–Trinajstić information content (AvgIpc) is 2.71. The van der Waals surface area contributed by atoms with Gasteiger partial charge in [0.2, 0.25) is 5.91 Å². The Morgan fingerprint density at radius 3 is 2.15 bits per heavy atom. The summed E-state index contributed by atoms with van der Waals surface area (Å²) < 4.78 is 5.77. The molecule has 0 spiro atoms. The number of ether oxygens (including phenoxy) is 1. The zero-order valence-corrected chi connectivity index (χ0v) is 15.2. The van der Waals surface area contributed by atoms with Crippen molar-refractivity contribution in [2.24, 2.45) is 0 Å². The van der Waals surface area contributed by atoms with Crippen LogP contribution in [-0.2, 0) is 17.9 Å². The van der Waals surface area contributed by atoms with Crippen molar-refractivity contribution >= 4 is 17.7 Å². The first-order valence-electron chi connectivity index (χ1n) is 8.50. The summed E-state index contributed by atoms with van der Waals surface area (Å²) in [7, 11) is 0. The molecule has 0 fully saturated rings. The summed E-state index contributed by atoms with van der Waals surface area (Å²) in [5, 5.41) is 2.95. The minimum absolute atomic E-state index is 0.0308. The lowest BCUT2D eigenvalue weighted by Gasteiger charge is -2.08. The van der Waals surface area contributed by atoms with Gasteiger partial charge in [0.25, 0.3) is 0 Å². The molecule has 0 saturated carbocycles. The molecular formula is C22H21NO2S. The van der Waals surface area contributed by atoms with E-state index in [9.17, 15) is 4.79 Å². The van der Waals surface area contributed by atoms with Crippen molar-refractivity contribution in [1.82, 2.24) is 5.32 Å². The topological polar surface area (TPSA) is 38.3 Å². The van der Waals surface area contributed by atoms with Crippen LogP contribution in [0.15, 0.2) is 89.8 Å². The molecule has 1 N–H and O–H groups in total. The third kappa shape index (κ3) is 5.97. The van der Waals surface area contributed by atoms with Crippen molar-refractivity contribution in [3.63, 3.8) is 0 Å². The number of benzene rings is 3. The van der Waals surface area contributed by atoms with Crippen LogP contribution < -0.4 is 10.1 Å². The highest BCUT2D eigenvalue weighted by molar-refractivity contribution is 8.00. The number of carbonyl (C=O) groups is 1. The van der Waals surface area contributed by atoms with Gasteiger partial charge >= 0.3 is 0 Å². The maximum Gasteiger partial charge on any atom is 0.230 e. The Hall–Kier alpha value is -2.72. The van der Waals surface area contributed by atoms with Crippen molar-refractivity contribution in [3.05, 3.63) is 96.1 Å². The molecule has 0 heterocycles. The molecule has 0 radical (unpaired) electrons. The van der Waals surface area contributed by atoms with Crippen molar-refractivity contribution in [2.45, 2.75) is 18.0 Å². The molecule has 4 heteroatoms. The van der Waals surface area contributed by atoms with E-state index in [1.807, 2.05) is 84.9 Å². The van der Waals surface area contributed by atoms with Crippen molar-refractivity contribution in [2.75, 3.05) is 5.75 Å². The summed E-state index contributed by atoms with van der Waals surface area (Å²) >= 11 is 1.54. The van der Waals surface area contributed by atoms with E-state index in [1.165, 1.54) is 11.8 Å². The Labute approximate surface area is 158 Å². The van der Waals surface area contributed by atoms with E-state index in [-0.39, 0.29) is 5.91 Å². The van der Waals surface area contributed by atoms with Crippen LogP contribution in [0.2, 0.25) is 0 Å². The number of carbonyl (C=O) groups excluding carboxylic acids is 1. The number of nitrogens with one attached hydrogen (secondary N) is 1. The maximum atomic E-state index is 12.0. The van der Waals surface area contributed by atoms with E-state index in [0.29, 0.717) is 18.9 Å². The molecule has 0 aliphatic carbocycles. The fourth-order valence-corrected chi connectivity index (χ4v) is 3.11. The molecule has 1 amide bonds. The summed E-state index contributed by atoms with van der Waals surface area (Å²) in [5.74, 6) is 1.27. The Morgan fingerprint density at radius 1 is 0.808 bits per heavy atom. The van der Waals surface area contributed by atoms with Gasteiger partial charge in [-0.2, -0.15) is 0 Å². The van der Waals surface area contributed by atoms with E-state index < -0.39 is 0 Å². The molecule has 0 aromatic heterocycles. The standard InChI is InChI=1S/C22H21NO2S/c24-22(17-26-21-9-5-2-6-10-21)23-15-18-11-13-20(14-12-18)25-16-19-7-3-1-4-8-19/h1-14H,15-17H2,(H,23,24). The molecule has 26 heavy (non-hydrogen) atoms. The van der Waals surface area contributed by atoms with Crippen molar-refractivity contribution in [3.8, 4) is 5.75 Å². The van der Waals surface area contributed by atoms with Crippen LogP contribution in [0.25, 0.3) is 0 Å². The van der Waals surface area contributed by atoms with Crippen LogP contribution in [0.5, 0.6) is 5.75 Å². The number of thioether (sulfide) groups is 1. The number of amides is 1. The molecule has 3 aromatic rings. The highest BCUT2D eigenvalue weighted by Crippen LogP contribution is 2.17. The van der Waals surface area contributed by atoms with E-state index in [0.717, 1.165) is 21.8 Å². The molecule has 0 unspecified atom stereocenters. The fraction of sp³-hybridized carbons (Fsp3) is 0.136. The average molecular weight is 363 g/mol. The third-order valence-electron chi connectivity index (χ3n) is 3.77. The van der Waals surface area contributed by atoms with Crippen LogP contribution in [-0.4, -0.2) is 11.7 Å². The second kappa shape index (κ2) is 9.68. The molecule has 0 atom stereocenters. The predicted molar refractivity (Wildman–Crippen MR) is 106 cm³/mol. The molecule has 0 aliphatic rings. The number of hydrogen-bond acceptors (Lipinski definition) is 3. The summed E-state index contributed by atoms with van der Waals surface area (Å²) in [5.41, 5.74) is 2.19. The van der Waals surface area contributed by atoms with E-state index >= 15 is 0 Å². The first-order valence-corrected chi connectivity index (χ1v) is 9.48. The molecule has 0 saturated heterocycles. The predicted octanol–water partition coefficient (Wildman–Crippen LogP) is 4.67. The summed E-state index contributed by atoms with van der Waals surface area (Å²) in [6.07, 6.45) is 0. The summed E-state index contributed by atoms with van der Waals surface area (Å²) in [6, 6.07) is 27.8. The zero-order valence-electron chi connectivity index (χ0n) is 14.4. The Balaban J connectivity index is 1.40. The fourth-order valence-electron chi connectivity index (χ4n) is 2.36. The zero-order chi connectivity index (χ0) is 18.0. The number of rotatable bonds is 8. The van der Waals surface area contributed by atoms with Gasteiger partial charge in [-0.15, -0.1) is 11.8 Å². The SMILES string of the molecule is O=C(CSc1ccccc1)NCc1ccc(OCc2ccccc2)cc1. The van der Waals surface area contributed by atoms with E-state index in [2.05, 4.69) is 5.32 Å². The van der Waals surface area contributed by atoms with E-state index in [4.69, 9.17) is 4.74 Å². The molecule has 3 rings (SSSR count). The van der Waals surface area contributed by atoms with Crippen LogP contribution in [0, 0.1) is 0 Å². The van der Waals surface area contributed by atoms with Gasteiger partial charge in [-0.3, -0.25) is 4.79 Å². The summed E-state index contributed by atoms with van der Waals surface area (Å²) in [4.78, 5) is 13.1. The quantitative estimate of drug-likeness (QED) is 0.591. The second-order valence-corrected chi connectivity index (χ2v) is 6.85. The molecular weight excluding hydrogens is 342 g/mol. The maximum absolute atomic E-state index is 12.0. The van der Waals surface area contributed by atoms with Gasteiger partial charge in [-0.25, -0.2) is 0 Å². The van der Waals surface area contributed by atoms with E-state index in [1.54, 1.807) is 0 Å².